The van der Waals surface area contributed by atoms with E-state index >= 15 is 4.39 Å². The molecule has 2 aliphatic rings. The van der Waals surface area contributed by atoms with E-state index < -0.39 is 5.82 Å². The summed E-state index contributed by atoms with van der Waals surface area (Å²) in [6.45, 7) is 1.62. The minimum Gasteiger partial charge on any atom is -0.457 e. The van der Waals surface area contributed by atoms with Crippen molar-refractivity contribution in [3.05, 3.63) is 66.9 Å². The van der Waals surface area contributed by atoms with Crippen LogP contribution in [-0.4, -0.2) is 74.8 Å². The summed E-state index contributed by atoms with van der Waals surface area (Å²) in [5.41, 5.74) is 8.18. The highest BCUT2D eigenvalue weighted by Gasteiger charge is 2.38. The third-order valence-corrected chi connectivity index (χ3v) is 8.37. The maximum Gasteiger partial charge on any atom is 0.146 e. The van der Waals surface area contributed by atoms with Gasteiger partial charge < -0.3 is 25.0 Å². The smallest absolute Gasteiger partial charge is 0.146 e. The predicted molar refractivity (Wildman–Crippen MR) is 150 cm³/mol. The molecule has 0 radical (unpaired) electrons. The van der Waals surface area contributed by atoms with E-state index in [0.29, 0.717) is 39.9 Å². The number of rotatable bonds is 6. The van der Waals surface area contributed by atoms with Gasteiger partial charge in [-0.1, -0.05) is 18.2 Å². The number of nitrogen functional groups attached to an aromatic ring is 1. The fraction of sp³-hybridized carbons (Fsp3) is 0.400. The minimum atomic E-state index is -0.391. The summed E-state index contributed by atoms with van der Waals surface area (Å²) in [6, 6.07) is 15.1. The number of aliphatic hydroxyl groups excluding tert-OH is 1. The van der Waals surface area contributed by atoms with Gasteiger partial charge in [-0.15, -0.1) is 0 Å². The summed E-state index contributed by atoms with van der Waals surface area (Å²) in [5.74, 6) is 1.03. The normalized spacial score (nSPS) is 24.0. The van der Waals surface area contributed by atoms with Crippen molar-refractivity contribution < 1.29 is 14.2 Å². The summed E-state index contributed by atoms with van der Waals surface area (Å²) >= 11 is 0. The second-order valence-electron chi connectivity index (χ2n) is 11.0. The van der Waals surface area contributed by atoms with Crippen LogP contribution < -0.4 is 10.5 Å². The summed E-state index contributed by atoms with van der Waals surface area (Å²) in [7, 11) is 4.06. The lowest BCUT2D eigenvalue weighted by Gasteiger charge is -2.35. The van der Waals surface area contributed by atoms with Crippen molar-refractivity contribution in [2.24, 2.45) is 0 Å². The van der Waals surface area contributed by atoms with Crippen LogP contribution in [0, 0.1) is 5.82 Å². The fourth-order valence-electron chi connectivity index (χ4n) is 6.30. The van der Waals surface area contributed by atoms with E-state index in [1.54, 1.807) is 12.1 Å². The molecule has 0 amide bonds. The van der Waals surface area contributed by atoms with Crippen LogP contribution in [0.15, 0.2) is 61.1 Å². The van der Waals surface area contributed by atoms with Crippen LogP contribution in [0.4, 0.5) is 10.2 Å². The van der Waals surface area contributed by atoms with Crippen molar-refractivity contribution in [2.75, 3.05) is 32.9 Å². The van der Waals surface area contributed by atoms with Crippen molar-refractivity contribution in [3.8, 4) is 22.6 Å². The Morgan fingerprint density at radius 2 is 1.69 bits per heavy atom. The van der Waals surface area contributed by atoms with Crippen molar-refractivity contribution in [3.63, 3.8) is 0 Å². The number of nitrogens with two attached hydrogens (primary N) is 1. The molecule has 0 spiro atoms. The molecule has 1 aliphatic heterocycles. The van der Waals surface area contributed by atoms with Gasteiger partial charge in [0.05, 0.1) is 11.5 Å². The number of para-hydroxylation sites is 1. The Kier molecular flexibility index (Phi) is 6.97. The molecule has 204 valence electrons. The van der Waals surface area contributed by atoms with Crippen LogP contribution in [0.2, 0.25) is 0 Å². The van der Waals surface area contributed by atoms with E-state index in [0.717, 1.165) is 44.4 Å². The van der Waals surface area contributed by atoms with Crippen LogP contribution >= 0.6 is 0 Å². The van der Waals surface area contributed by atoms with Gasteiger partial charge in [0.2, 0.25) is 0 Å². The minimum absolute atomic E-state index is 0.178. The zero-order valence-corrected chi connectivity index (χ0v) is 22.4. The Bertz CT molecular complexity index is 1450. The van der Waals surface area contributed by atoms with Gasteiger partial charge in [-0.2, -0.15) is 0 Å². The van der Waals surface area contributed by atoms with Gasteiger partial charge in [-0.3, -0.25) is 4.90 Å². The number of ether oxygens (including phenoxy) is 1. The number of fused-ring (bicyclic) bond motifs is 1. The second-order valence-corrected chi connectivity index (χ2v) is 11.0. The number of hydrogen-bond donors (Lipinski definition) is 2. The molecule has 4 aromatic rings. The van der Waals surface area contributed by atoms with Crippen molar-refractivity contribution in [1.82, 2.24) is 24.3 Å². The number of hydrogen-bond acceptors (Lipinski definition) is 7. The number of halogens is 1. The number of benzene rings is 2. The lowest BCUT2D eigenvalue weighted by molar-refractivity contribution is 0.108. The average molecular weight is 531 g/mol. The molecule has 6 rings (SSSR count). The summed E-state index contributed by atoms with van der Waals surface area (Å²) in [4.78, 5) is 13.4. The standard InChI is InChI=1S/C30H35FN6O2/c1-35(2)26-16-36(17-27(26)38)19-8-10-20(11-9-19)37-15-24(28-29(32)33-18-34-30(28)37)23-13-12-22(14-25(23)31)39-21-6-4-3-5-7-21/h3-7,12-15,18-20,26-27,38H,8-11,16-17H2,1-2H3,(H2,32,33,34)/t19-,20-,26-,27-/m1/s1. The van der Waals surface area contributed by atoms with Gasteiger partial charge in [-0.25, -0.2) is 14.4 Å². The molecule has 39 heavy (non-hydrogen) atoms. The van der Waals surface area contributed by atoms with Gasteiger partial charge >= 0.3 is 0 Å². The molecule has 9 heteroatoms. The van der Waals surface area contributed by atoms with E-state index in [2.05, 4.69) is 24.3 Å². The Hall–Kier alpha value is -3.53. The van der Waals surface area contributed by atoms with Crippen molar-refractivity contribution in [2.45, 2.75) is 49.9 Å². The molecule has 0 bridgehead atoms. The van der Waals surface area contributed by atoms with Crippen molar-refractivity contribution in [1.29, 1.82) is 0 Å². The van der Waals surface area contributed by atoms with Gasteiger partial charge in [0.25, 0.3) is 0 Å². The number of likely N-dealkylation sites (N-methyl/N-ethyl adjacent to an activating group) is 1. The molecule has 2 fully saturated rings. The van der Waals surface area contributed by atoms with Crippen LogP contribution in [0.3, 0.4) is 0 Å². The highest BCUT2D eigenvalue weighted by atomic mass is 19.1. The Morgan fingerprint density at radius 1 is 0.949 bits per heavy atom. The fourth-order valence-corrected chi connectivity index (χ4v) is 6.30. The maximum atomic E-state index is 15.5. The molecule has 3 heterocycles. The average Bonchev–Trinajstić information content (AvgIpc) is 3.51. The van der Waals surface area contributed by atoms with E-state index in [9.17, 15) is 5.11 Å². The number of aliphatic hydroxyl groups is 1. The molecule has 1 saturated heterocycles. The monoisotopic (exact) mass is 530 g/mol. The third-order valence-electron chi connectivity index (χ3n) is 8.37. The molecular weight excluding hydrogens is 495 g/mol. The van der Waals surface area contributed by atoms with Crippen LogP contribution in [0.1, 0.15) is 31.7 Å². The van der Waals surface area contributed by atoms with E-state index in [1.807, 2.05) is 50.6 Å². The second kappa shape index (κ2) is 10.6. The van der Waals surface area contributed by atoms with Crippen LogP contribution in [-0.2, 0) is 0 Å². The zero-order chi connectivity index (χ0) is 27.1. The quantitative estimate of drug-likeness (QED) is 0.373. The largest absolute Gasteiger partial charge is 0.457 e. The van der Waals surface area contributed by atoms with E-state index in [-0.39, 0.29) is 18.2 Å². The van der Waals surface area contributed by atoms with Gasteiger partial charge in [-0.05, 0) is 64.0 Å². The first-order chi connectivity index (χ1) is 18.9. The van der Waals surface area contributed by atoms with E-state index in [4.69, 9.17) is 10.5 Å². The molecule has 2 aromatic heterocycles. The highest BCUT2D eigenvalue weighted by Crippen LogP contribution is 2.40. The molecule has 3 N–H and O–H groups in total. The zero-order valence-electron chi connectivity index (χ0n) is 22.4. The first-order valence-corrected chi connectivity index (χ1v) is 13.6. The molecular formula is C30H35FN6O2. The summed E-state index contributed by atoms with van der Waals surface area (Å²) in [6.07, 6.45) is 7.17. The topological polar surface area (TPSA) is 92.7 Å². The Morgan fingerprint density at radius 3 is 2.38 bits per heavy atom. The number of nitrogens with zero attached hydrogens (tertiary/aromatic N) is 5. The lowest BCUT2D eigenvalue weighted by atomic mass is 9.90. The molecule has 0 unspecified atom stereocenters. The molecule has 1 saturated carbocycles. The summed E-state index contributed by atoms with van der Waals surface area (Å²) in [5, 5.41) is 11.2. The SMILES string of the molecule is CN(C)[C@@H]1CN([C@H]2CC[C@H](n3cc(-c4ccc(Oc5ccccc5)cc4F)c4c(N)ncnc43)CC2)C[C@H]1O. The number of anilines is 1. The van der Waals surface area contributed by atoms with Crippen LogP contribution in [0.5, 0.6) is 11.5 Å². The van der Waals surface area contributed by atoms with Gasteiger partial charge in [0, 0.05) is 54.6 Å². The molecule has 1 aliphatic carbocycles. The van der Waals surface area contributed by atoms with E-state index in [1.165, 1.54) is 12.4 Å². The number of aromatic nitrogens is 3. The number of β-amino-alcohol motifs (C(OH)–C–C–N with tert-alkyl or cyclic N) is 1. The molecule has 8 nitrogen and oxygen atoms in total. The third kappa shape index (κ3) is 4.97. The molecule has 2 atom stereocenters. The van der Waals surface area contributed by atoms with Gasteiger partial charge in [0.15, 0.2) is 0 Å². The maximum absolute atomic E-state index is 15.5. The Balaban J connectivity index is 1.25. The predicted octanol–water partition coefficient (Wildman–Crippen LogP) is 4.70. The Labute approximate surface area is 227 Å². The summed E-state index contributed by atoms with van der Waals surface area (Å²) < 4.78 is 23.5. The first kappa shape index (κ1) is 25.7. The first-order valence-electron chi connectivity index (χ1n) is 13.6. The number of likely N-dealkylation sites (tertiary alicyclic amines) is 1. The van der Waals surface area contributed by atoms with Gasteiger partial charge in [0.1, 0.15) is 35.1 Å². The van der Waals surface area contributed by atoms with Crippen molar-refractivity contribution >= 4 is 16.9 Å². The van der Waals surface area contributed by atoms with Crippen LogP contribution in [0.25, 0.3) is 22.2 Å². The lowest BCUT2D eigenvalue weighted by Crippen LogP contribution is -2.40. The highest BCUT2D eigenvalue weighted by molar-refractivity contribution is 6.00. The molecule has 2 aromatic carbocycles.